The number of fused-ring (bicyclic) bond motifs is 1. The van der Waals surface area contributed by atoms with Crippen LogP contribution in [0.1, 0.15) is 5.56 Å². The summed E-state index contributed by atoms with van der Waals surface area (Å²) in [4.78, 5) is 8.57. The number of aromatic nitrogens is 2. The lowest BCUT2D eigenvalue weighted by atomic mass is 9.80. The minimum absolute atomic E-state index is 0.128. The van der Waals surface area contributed by atoms with Gasteiger partial charge >= 0.3 is 7.12 Å². The number of ether oxygens (including phenoxy) is 1. The van der Waals surface area contributed by atoms with Crippen LogP contribution >= 0.6 is 0 Å². The van der Waals surface area contributed by atoms with Crippen molar-refractivity contribution in [3.05, 3.63) is 54.0 Å². The molecule has 2 aromatic carbocycles. The number of nitrogens with zero attached hydrogens (tertiary/aromatic N) is 2. The Morgan fingerprint density at radius 3 is 2.58 bits per heavy atom. The Labute approximate surface area is 138 Å². The Morgan fingerprint density at radius 1 is 1.17 bits per heavy atom. The fraction of sp³-hybridized carbons (Fsp3) is 0.125. The fourth-order valence-corrected chi connectivity index (χ4v) is 2.26. The molecular weight excluding hydrogens is 312 g/mol. The molecule has 0 aliphatic heterocycles. The molecule has 0 radical (unpaired) electrons. The molecule has 8 heteroatoms. The van der Waals surface area contributed by atoms with E-state index in [1.807, 2.05) is 0 Å². The van der Waals surface area contributed by atoms with Gasteiger partial charge in [-0.25, -0.2) is 9.37 Å². The van der Waals surface area contributed by atoms with Crippen LogP contribution in [0.4, 0.5) is 10.2 Å². The van der Waals surface area contributed by atoms with Gasteiger partial charge in [0.2, 0.25) is 0 Å². The predicted molar refractivity (Wildman–Crippen MR) is 89.6 cm³/mol. The molecule has 0 aliphatic rings. The van der Waals surface area contributed by atoms with E-state index >= 15 is 0 Å². The number of hydrogen-bond donors (Lipinski definition) is 3. The van der Waals surface area contributed by atoms with Crippen LogP contribution in [0.25, 0.3) is 11.0 Å². The van der Waals surface area contributed by atoms with E-state index in [2.05, 4.69) is 15.3 Å². The topological polar surface area (TPSA) is 87.5 Å². The number of benzene rings is 2. The first-order valence-corrected chi connectivity index (χ1v) is 7.26. The number of hydrogen-bond acceptors (Lipinski definition) is 6. The third kappa shape index (κ3) is 3.45. The van der Waals surface area contributed by atoms with E-state index in [9.17, 15) is 4.39 Å². The molecule has 0 fully saturated rings. The highest BCUT2D eigenvalue weighted by Crippen LogP contribution is 2.23. The lowest BCUT2D eigenvalue weighted by molar-refractivity contribution is 0.387. The molecule has 6 nitrogen and oxygen atoms in total. The Hall–Kier alpha value is -2.71. The van der Waals surface area contributed by atoms with E-state index in [0.717, 1.165) is 5.56 Å². The molecule has 0 aliphatic carbocycles. The van der Waals surface area contributed by atoms with E-state index < -0.39 is 12.9 Å². The van der Waals surface area contributed by atoms with Gasteiger partial charge in [0.15, 0.2) is 11.6 Å². The number of nitrogens with one attached hydrogen (secondary N) is 1. The number of halogens is 1. The molecule has 0 amide bonds. The standard InChI is InChI=1S/C16H15BFN3O3/c1-24-15-7-13-14(6-12(15)18)21-16(9-19-13)20-8-10-2-4-11(5-3-10)17(22)23/h2-7,9,22-23H,8H2,1H3,(H,20,21). The second kappa shape index (κ2) is 6.82. The Morgan fingerprint density at radius 2 is 1.92 bits per heavy atom. The van der Waals surface area contributed by atoms with Gasteiger partial charge in [-0.1, -0.05) is 24.3 Å². The SMILES string of the molecule is COc1cc2ncc(NCc3ccc(B(O)O)cc3)nc2cc1F. The summed E-state index contributed by atoms with van der Waals surface area (Å²) in [5.41, 5.74) is 2.33. The van der Waals surface area contributed by atoms with Crippen LogP contribution in [-0.2, 0) is 6.54 Å². The maximum absolute atomic E-state index is 13.8. The van der Waals surface area contributed by atoms with Crippen LogP contribution in [0.5, 0.6) is 5.75 Å². The average Bonchev–Trinajstić information content (AvgIpc) is 2.59. The fourth-order valence-electron chi connectivity index (χ4n) is 2.26. The van der Waals surface area contributed by atoms with Gasteiger partial charge in [0.25, 0.3) is 0 Å². The lowest BCUT2D eigenvalue weighted by Gasteiger charge is -2.08. The van der Waals surface area contributed by atoms with Crippen LogP contribution in [0, 0.1) is 5.82 Å². The van der Waals surface area contributed by atoms with Crippen molar-refractivity contribution < 1.29 is 19.2 Å². The third-order valence-corrected chi connectivity index (χ3v) is 3.57. The Balaban J connectivity index is 1.75. The van der Waals surface area contributed by atoms with E-state index in [4.69, 9.17) is 14.8 Å². The molecule has 0 atom stereocenters. The van der Waals surface area contributed by atoms with Crippen LogP contribution in [-0.4, -0.2) is 34.2 Å². The first-order valence-electron chi connectivity index (χ1n) is 7.26. The van der Waals surface area contributed by atoms with Gasteiger partial charge < -0.3 is 20.1 Å². The van der Waals surface area contributed by atoms with Crippen LogP contribution in [0.2, 0.25) is 0 Å². The summed E-state index contributed by atoms with van der Waals surface area (Å²) in [6.07, 6.45) is 1.56. The monoisotopic (exact) mass is 327 g/mol. The number of anilines is 1. The highest BCUT2D eigenvalue weighted by molar-refractivity contribution is 6.58. The maximum Gasteiger partial charge on any atom is 0.488 e. The first-order chi connectivity index (χ1) is 11.6. The summed E-state index contributed by atoms with van der Waals surface area (Å²) in [5, 5.41) is 21.2. The van der Waals surface area contributed by atoms with Gasteiger partial charge in [0, 0.05) is 18.7 Å². The van der Waals surface area contributed by atoms with Crippen molar-refractivity contribution in [2.75, 3.05) is 12.4 Å². The van der Waals surface area contributed by atoms with Crippen molar-refractivity contribution in [2.24, 2.45) is 0 Å². The summed E-state index contributed by atoms with van der Waals surface area (Å²) in [7, 11) is -0.0838. The molecule has 24 heavy (non-hydrogen) atoms. The number of methoxy groups -OCH3 is 1. The van der Waals surface area contributed by atoms with Gasteiger partial charge in [0.1, 0.15) is 5.82 Å². The molecule has 1 heterocycles. The van der Waals surface area contributed by atoms with Gasteiger partial charge in [-0.15, -0.1) is 0 Å². The molecule has 0 unspecified atom stereocenters. The van der Waals surface area contributed by atoms with Crippen molar-refractivity contribution in [2.45, 2.75) is 6.54 Å². The summed E-state index contributed by atoms with van der Waals surface area (Å²) >= 11 is 0. The molecule has 3 rings (SSSR count). The van der Waals surface area contributed by atoms with E-state index in [-0.39, 0.29) is 5.75 Å². The molecule has 122 valence electrons. The molecule has 0 spiro atoms. The Kier molecular flexibility index (Phi) is 4.59. The summed E-state index contributed by atoms with van der Waals surface area (Å²) in [6, 6.07) is 9.61. The molecule has 0 bridgehead atoms. The van der Waals surface area contributed by atoms with Crippen molar-refractivity contribution in [3.8, 4) is 5.75 Å². The highest BCUT2D eigenvalue weighted by atomic mass is 19.1. The zero-order valence-electron chi connectivity index (χ0n) is 12.9. The van der Waals surface area contributed by atoms with E-state index in [1.165, 1.54) is 19.2 Å². The molecule has 3 aromatic rings. The molecule has 1 aromatic heterocycles. The third-order valence-electron chi connectivity index (χ3n) is 3.57. The highest BCUT2D eigenvalue weighted by Gasteiger charge is 2.10. The molecular formula is C16H15BFN3O3. The van der Waals surface area contributed by atoms with Gasteiger partial charge in [-0.3, -0.25) is 4.98 Å². The summed E-state index contributed by atoms with van der Waals surface area (Å²) < 4.78 is 18.7. The van der Waals surface area contributed by atoms with Crippen molar-refractivity contribution in [1.82, 2.24) is 9.97 Å². The second-order valence-electron chi connectivity index (χ2n) is 5.20. The van der Waals surface area contributed by atoms with Crippen LogP contribution in [0.15, 0.2) is 42.6 Å². The zero-order chi connectivity index (χ0) is 17.1. The predicted octanol–water partition coefficient (Wildman–Crippen LogP) is 1.07. The molecule has 0 saturated carbocycles. The minimum atomic E-state index is -1.48. The first kappa shape index (κ1) is 16.2. The summed E-state index contributed by atoms with van der Waals surface area (Å²) in [6.45, 7) is 0.473. The maximum atomic E-state index is 13.8. The largest absolute Gasteiger partial charge is 0.494 e. The van der Waals surface area contributed by atoms with Crippen LogP contribution < -0.4 is 15.5 Å². The lowest BCUT2D eigenvalue weighted by Crippen LogP contribution is -2.29. The van der Waals surface area contributed by atoms with Crippen molar-refractivity contribution >= 4 is 29.4 Å². The number of rotatable bonds is 5. The normalized spacial score (nSPS) is 10.7. The van der Waals surface area contributed by atoms with E-state index in [0.29, 0.717) is 28.9 Å². The second-order valence-corrected chi connectivity index (χ2v) is 5.20. The van der Waals surface area contributed by atoms with E-state index in [1.54, 1.807) is 30.5 Å². The van der Waals surface area contributed by atoms with Gasteiger partial charge in [0.05, 0.1) is 24.3 Å². The van der Waals surface area contributed by atoms with Gasteiger partial charge in [-0.2, -0.15) is 0 Å². The quantitative estimate of drug-likeness (QED) is 0.608. The zero-order valence-corrected chi connectivity index (χ0v) is 12.9. The minimum Gasteiger partial charge on any atom is -0.494 e. The molecule has 3 N–H and O–H groups in total. The van der Waals surface area contributed by atoms with Gasteiger partial charge in [-0.05, 0) is 11.0 Å². The smallest absolute Gasteiger partial charge is 0.488 e. The van der Waals surface area contributed by atoms with Crippen molar-refractivity contribution in [1.29, 1.82) is 0 Å². The van der Waals surface area contributed by atoms with Crippen LogP contribution in [0.3, 0.4) is 0 Å². The van der Waals surface area contributed by atoms with Crippen molar-refractivity contribution in [3.63, 3.8) is 0 Å². The summed E-state index contributed by atoms with van der Waals surface area (Å²) in [5.74, 6) is 0.150. The average molecular weight is 327 g/mol. The molecule has 0 saturated heterocycles. The Bertz CT molecular complexity index is 859.